The minimum Gasteiger partial charge on any atom is -0.308 e. The third-order valence-electron chi connectivity index (χ3n) is 2.52. The summed E-state index contributed by atoms with van der Waals surface area (Å²) in [5, 5.41) is 3.52. The Morgan fingerprint density at radius 2 is 1.94 bits per heavy atom. The summed E-state index contributed by atoms with van der Waals surface area (Å²) in [7, 11) is 0. The number of hydrogen-bond acceptors (Lipinski definition) is 2. The molecule has 0 aliphatic carbocycles. The zero-order valence-electron chi connectivity index (χ0n) is 11.8. The molecule has 0 radical (unpaired) electrons. The zero-order valence-corrected chi connectivity index (χ0v) is 12.6. The van der Waals surface area contributed by atoms with E-state index in [0.717, 1.165) is 6.54 Å². The van der Waals surface area contributed by atoms with Gasteiger partial charge >= 0.3 is 0 Å². The molecule has 0 spiro atoms. The lowest BCUT2D eigenvalue weighted by molar-refractivity contribution is 0.424. The summed E-state index contributed by atoms with van der Waals surface area (Å²) in [4.78, 5) is 1.42. The molecule has 1 nitrogen and oxygen atoms in total. The predicted molar refractivity (Wildman–Crippen MR) is 78.8 cm³/mol. The van der Waals surface area contributed by atoms with Crippen LogP contribution in [0.25, 0.3) is 0 Å². The highest BCUT2D eigenvalue weighted by molar-refractivity contribution is 7.99. The fourth-order valence-corrected chi connectivity index (χ4v) is 2.44. The van der Waals surface area contributed by atoms with Crippen LogP contribution in [0.15, 0.2) is 23.1 Å². The molecule has 2 heteroatoms. The van der Waals surface area contributed by atoms with Crippen LogP contribution >= 0.6 is 11.8 Å². The molecular weight excluding hydrogens is 226 g/mol. The number of rotatable bonds is 5. The van der Waals surface area contributed by atoms with E-state index < -0.39 is 0 Å². The van der Waals surface area contributed by atoms with E-state index in [1.54, 1.807) is 0 Å². The number of hydrogen-bond donors (Lipinski definition) is 1. The first-order chi connectivity index (χ1) is 7.92. The number of aryl methyl sites for hydroxylation is 1. The summed E-state index contributed by atoms with van der Waals surface area (Å²) in [5.74, 6) is 1.21. The maximum absolute atomic E-state index is 3.52. The molecule has 0 bridgehead atoms. The Morgan fingerprint density at radius 3 is 2.47 bits per heavy atom. The van der Waals surface area contributed by atoms with Crippen LogP contribution < -0.4 is 5.32 Å². The molecule has 0 saturated heterocycles. The molecule has 17 heavy (non-hydrogen) atoms. The summed E-state index contributed by atoms with van der Waals surface area (Å²) in [6.45, 7) is 12.0. The van der Waals surface area contributed by atoms with Gasteiger partial charge in [-0.15, -0.1) is 11.8 Å². The van der Waals surface area contributed by atoms with Gasteiger partial charge in [-0.2, -0.15) is 0 Å². The Bertz CT molecular complexity index is 352. The SMILES string of the molecule is CCCSc1ccc(CNC(C)(C)C)cc1C. The predicted octanol–water partition coefficient (Wildman–Crippen LogP) is 4.39. The molecule has 0 atom stereocenters. The Balaban J connectivity index is 2.62. The third-order valence-corrected chi connectivity index (χ3v) is 3.91. The van der Waals surface area contributed by atoms with Crippen LogP contribution in [0.1, 0.15) is 45.2 Å². The lowest BCUT2D eigenvalue weighted by Gasteiger charge is -2.21. The molecule has 96 valence electrons. The molecule has 0 amide bonds. The van der Waals surface area contributed by atoms with Gasteiger partial charge in [-0.05, 0) is 57.1 Å². The summed E-state index contributed by atoms with van der Waals surface area (Å²) in [6.07, 6.45) is 1.23. The van der Waals surface area contributed by atoms with E-state index in [0.29, 0.717) is 0 Å². The highest BCUT2D eigenvalue weighted by Crippen LogP contribution is 2.24. The van der Waals surface area contributed by atoms with Crippen molar-refractivity contribution in [3.05, 3.63) is 29.3 Å². The van der Waals surface area contributed by atoms with E-state index in [2.05, 4.69) is 58.1 Å². The largest absolute Gasteiger partial charge is 0.308 e. The summed E-state index contributed by atoms with van der Waals surface area (Å²) < 4.78 is 0. The Hall–Kier alpha value is -0.470. The van der Waals surface area contributed by atoms with Crippen molar-refractivity contribution in [2.45, 2.75) is 58.0 Å². The standard InChI is InChI=1S/C15H25NS/c1-6-9-17-14-8-7-13(10-12(14)2)11-16-15(3,4)5/h7-8,10,16H,6,9,11H2,1-5H3. The summed E-state index contributed by atoms with van der Waals surface area (Å²) in [5.41, 5.74) is 2.96. The Labute approximate surface area is 110 Å². The number of benzene rings is 1. The zero-order chi connectivity index (χ0) is 12.9. The molecular formula is C15H25NS. The fourth-order valence-electron chi connectivity index (χ4n) is 1.56. The molecule has 0 aliphatic rings. The molecule has 0 unspecified atom stereocenters. The molecule has 0 aromatic heterocycles. The second-order valence-electron chi connectivity index (χ2n) is 5.55. The van der Waals surface area contributed by atoms with Crippen molar-refractivity contribution in [3.8, 4) is 0 Å². The van der Waals surface area contributed by atoms with E-state index in [1.165, 1.54) is 28.2 Å². The van der Waals surface area contributed by atoms with Crippen molar-refractivity contribution in [1.82, 2.24) is 5.32 Å². The van der Waals surface area contributed by atoms with Crippen molar-refractivity contribution < 1.29 is 0 Å². The molecule has 0 heterocycles. The highest BCUT2D eigenvalue weighted by Gasteiger charge is 2.08. The van der Waals surface area contributed by atoms with Gasteiger partial charge in [-0.25, -0.2) is 0 Å². The second-order valence-corrected chi connectivity index (χ2v) is 6.69. The van der Waals surface area contributed by atoms with Crippen LogP contribution in [0.3, 0.4) is 0 Å². The van der Waals surface area contributed by atoms with E-state index in [9.17, 15) is 0 Å². The van der Waals surface area contributed by atoms with Crippen LogP contribution in [0.4, 0.5) is 0 Å². The first kappa shape index (κ1) is 14.6. The quantitative estimate of drug-likeness (QED) is 0.779. The topological polar surface area (TPSA) is 12.0 Å². The maximum Gasteiger partial charge on any atom is 0.0210 e. The van der Waals surface area contributed by atoms with Crippen LogP contribution in [0, 0.1) is 6.92 Å². The van der Waals surface area contributed by atoms with Crippen molar-refractivity contribution in [1.29, 1.82) is 0 Å². The summed E-state index contributed by atoms with van der Waals surface area (Å²) >= 11 is 1.96. The van der Waals surface area contributed by atoms with Crippen LogP contribution in [0.2, 0.25) is 0 Å². The van der Waals surface area contributed by atoms with Gasteiger partial charge in [0.15, 0.2) is 0 Å². The highest BCUT2D eigenvalue weighted by atomic mass is 32.2. The lowest BCUT2D eigenvalue weighted by Crippen LogP contribution is -2.35. The van der Waals surface area contributed by atoms with Crippen LogP contribution in [-0.4, -0.2) is 11.3 Å². The molecule has 0 fully saturated rings. The van der Waals surface area contributed by atoms with Gasteiger partial charge in [0.05, 0.1) is 0 Å². The van der Waals surface area contributed by atoms with Crippen molar-refractivity contribution in [2.24, 2.45) is 0 Å². The average Bonchev–Trinajstić information content (AvgIpc) is 2.24. The van der Waals surface area contributed by atoms with Gasteiger partial charge in [0.2, 0.25) is 0 Å². The van der Waals surface area contributed by atoms with Gasteiger partial charge in [-0.1, -0.05) is 19.1 Å². The molecule has 1 N–H and O–H groups in total. The van der Waals surface area contributed by atoms with Crippen molar-refractivity contribution >= 4 is 11.8 Å². The number of nitrogens with one attached hydrogen (secondary N) is 1. The normalized spacial score (nSPS) is 11.8. The lowest BCUT2D eigenvalue weighted by atomic mass is 10.1. The molecule has 1 aromatic carbocycles. The molecule has 1 aromatic rings. The minimum atomic E-state index is 0.184. The van der Waals surface area contributed by atoms with Gasteiger partial charge in [-0.3, -0.25) is 0 Å². The summed E-state index contributed by atoms with van der Waals surface area (Å²) in [6, 6.07) is 6.80. The second kappa shape index (κ2) is 6.46. The van der Waals surface area contributed by atoms with Crippen LogP contribution in [-0.2, 0) is 6.54 Å². The van der Waals surface area contributed by atoms with Gasteiger partial charge < -0.3 is 5.32 Å². The fraction of sp³-hybridized carbons (Fsp3) is 0.600. The average molecular weight is 251 g/mol. The van der Waals surface area contributed by atoms with Crippen LogP contribution in [0.5, 0.6) is 0 Å². The van der Waals surface area contributed by atoms with E-state index in [1.807, 2.05) is 11.8 Å². The van der Waals surface area contributed by atoms with Crippen molar-refractivity contribution in [2.75, 3.05) is 5.75 Å². The Morgan fingerprint density at radius 1 is 1.24 bits per heavy atom. The van der Waals surface area contributed by atoms with Gasteiger partial charge in [0.25, 0.3) is 0 Å². The first-order valence-electron chi connectivity index (χ1n) is 6.40. The molecule has 0 aliphatic heterocycles. The monoisotopic (exact) mass is 251 g/mol. The minimum absolute atomic E-state index is 0.184. The maximum atomic E-state index is 3.52. The van der Waals surface area contributed by atoms with E-state index in [-0.39, 0.29) is 5.54 Å². The Kier molecular flexibility index (Phi) is 5.54. The first-order valence-corrected chi connectivity index (χ1v) is 7.38. The smallest absolute Gasteiger partial charge is 0.0210 e. The van der Waals surface area contributed by atoms with E-state index >= 15 is 0 Å². The number of thioether (sulfide) groups is 1. The van der Waals surface area contributed by atoms with Crippen molar-refractivity contribution in [3.63, 3.8) is 0 Å². The van der Waals surface area contributed by atoms with E-state index in [4.69, 9.17) is 0 Å². The molecule has 0 saturated carbocycles. The van der Waals surface area contributed by atoms with Gasteiger partial charge in [0, 0.05) is 17.0 Å². The molecule has 1 rings (SSSR count). The third kappa shape index (κ3) is 5.60. The van der Waals surface area contributed by atoms with Gasteiger partial charge in [0.1, 0.15) is 0 Å².